The Bertz CT molecular complexity index is 1260. The van der Waals surface area contributed by atoms with E-state index < -0.39 is 6.10 Å². The third kappa shape index (κ3) is 47.0. The highest BCUT2D eigenvalue weighted by molar-refractivity contribution is 5.70. The summed E-state index contributed by atoms with van der Waals surface area (Å²) in [7, 11) is 0. The van der Waals surface area contributed by atoms with E-state index in [2.05, 4.69) is 135 Å². The Morgan fingerprint density at radius 2 is 0.667 bits per heavy atom. The average molecular weight is 829 g/mol. The van der Waals surface area contributed by atoms with Gasteiger partial charge in [-0.1, -0.05) is 200 Å². The summed E-state index contributed by atoms with van der Waals surface area (Å²) in [6, 6.07) is 0. The van der Waals surface area contributed by atoms with Gasteiger partial charge in [0.1, 0.15) is 6.61 Å². The molecule has 5 nitrogen and oxygen atoms in total. The lowest BCUT2D eigenvalue weighted by Gasteiger charge is -2.15. The van der Waals surface area contributed by atoms with E-state index in [1.807, 2.05) is 0 Å². The van der Waals surface area contributed by atoms with Crippen molar-refractivity contribution in [1.82, 2.24) is 0 Å². The van der Waals surface area contributed by atoms with Crippen LogP contribution in [0.15, 0.2) is 122 Å². The molecule has 0 bridgehead atoms. The molecular weight excluding hydrogens is 741 g/mol. The molecule has 0 aromatic rings. The van der Waals surface area contributed by atoms with Crippen LogP contribution in [-0.4, -0.2) is 36.4 Å². The van der Waals surface area contributed by atoms with Gasteiger partial charge in [0.2, 0.25) is 0 Å². The minimum atomic E-state index is -0.793. The van der Waals surface area contributed by atoms with E-state index in [4.69, 9.17) is 9.47 Å². The van der Waals surface area contributed by atoms with E-state index in [1.165, 1.54) is 57.8 Å². The Balaban J connectivity index is 3.58. The molecule has 0 radical (unpaired) electrons. The van der Waals surface area contributed by atoms with Gasteiger partial charge >= 0.3 is 11.9 Å². The second kappa shape index (κ2) is 49.7. The first-order chi connectivity index (χ1) is 29.6. The third-order valence-electron chi connectivity index (χ3n) is 9.75. The number of aliphatic hydroxyl groups excluding tert-OH is 1. The molecule has 0 heterocycles. The zero-order valence-corrected chi connectivity index (χ0v) is 38.4. The van der Waals surface area contributed by atoms with Crippen molar-refractivity contribution >= 4 is 11.9 Å². The number of ether oxygens (including phenoxy) is 2. The van der Waals surface area contributed by atoms with Gasteiger partial charge in [0.15, 0.2) is 6.10 Å². The lowest BCUT2D eigenvalue weighted by atomic mass is 10.0. The summed E-state index contributed by atoms with van der Waals surface area (Å²) in [6.07, 6.45) is 72.9. The van der Waals surface area contributed by atoms with E-state index in [1.54, 1.807) is 0 Å². The van der Waals surface area contributed by atoms with Gasteiger partial charge in [-0.2, -0.15) is 0 Å². The second-order valence-corrected chi connectivity index (χ2v) is 15.4. The van der Waals surface area contributed by atoms with Crippen LogP contribution in [-0.2, 0) is 19.1 Å². The summed E-state index contributed by atoms with van der Waals surface area (Å²) >= 11 is 0. The molecule has 60 heavy (non-hydrogen) atoms. The fourth-order valence-electron chi connectivity index (χ4n) is 6.19. The number of allylic oxidation sites excluding steroid dienone is 20. The summed E-state index contributed by atoms with van der Waals surface area (Å²) in [5, 5.41) is 9.59. The maximum Gasteiger partial charge on any atom is 0.306 e. The van der Waals surface area contributed by atoms with Crippen molar-refractivity contribution in [3.8, 4) is 0 Å². The molecule has 0 saturated carbocycles. The maximum absolute atomic E-state index is 12.2. The quantitative estimate of drug-likeness (QED) is 0.0377. The summed E-state index contributed by atoms with van der Waals surface area (Å²) in [5.41, 5.74) is 0. The van der Waals surface area contributed by atoms with Crippen LogP contribution in [0.3, 0.4) is 0 Å². The van der Waals surface area contributed by atoms with Crippen LogP contribution in [0.1, 0.15) is 194 Å². The first kappa shape index (κ1) is 56.3. The number of aliphatic hydroxyl groups is 1. The van der Waals surface area contributed by atoms with Gasteiger partial charge in [-0.25, -0.2) is 0 Å². The Labute approximate surface area is 369 Å². The number of rotatable bonds is 42. The SMILES string of the molecule is CC/C=C\C/C=C\C/C=C\C/C=C\C/C=C\C/C=C\C/C=C\CCCCCCCCCCCCCC(=O)OC(CO)COC(=O)CCCCC/C=C\C/C=C\C/C=C\CC. The molecular formula is C55H88O5. The standard InChI is InChI=1S/C55H88O5/c1-3-5-7-9-11-13-15-17-18-19-20-21-22-23-24-25-26-27-28-29-30-31-32-33-34-35-36-38-40-42-44-46-48-50-55(58)60-53(51-56)52-59-54(57)49-47-45-43-41-39-37-16-14-12-10-8-6-4-2/h5-8,11-14,17-18,20-21,23-24,26-27,29-30,37,39,53,56H,3-4,9-10,15-16,19,22,25,28,31-36,38,40-52H2,1-2H3/b7-5-,8-6-,13-11-,14-12-,18-17-,21-20-,24-23-,27-26-,30-29-,39-37-. The molecule has 0 saturated heterocycles. The van der Waals surface area contributed by atoms with Crippen LogP contribution in [0, 0.1) is 0 Å². The van der Waals surface area contributed by atoms with Gasteiger partial charge in [-0.3, -0.25) is 9.59 Å². The number of hydrogen-bond acceptors (Lipinski definition) is 5. The molecule has 0 amide bonds. The van der Waals surface area contributed by atoms with Crippen LogP contribution in [0.2, 0.25) is 0 Å². The van der Waals surface area contributed by atoms with Gasteiger partial charge in [-0.05, 0) is 103 Å². The summed E-state index contributed by atoms with van der Waals surface area (Å²) < 4.78 is 10.6. The number of unbranched alkanes of at least 4 members (excludes halogenated alkanes) is 14. The van der Waals surface area contributed by atoms with Crippen molar-refractivity contribution in [1.29, 1.82) is 0 Å². The van der Waals surface area contributed by atoms with Gasteiger partial charge < -0.3 is 14.6 Å². The highest BCUT2D eigenvalue weighted by atomic mass is 16.6. The smallest absolute Gasteiger partial charge is 0.306 e. The molecule has 0 aromatic carbocycles. The lowest BCUT2D eigenvalue weighted by molar-refractivity contribution is -0.161. The Morgan fingerprint density at radius 1 is 0.383 bits per heavy atom. The fraction of sp³-hybridized carbons (Fsp3) is 0.600. The van der Waals surface area contributed by atoms with E-state index in [-0.39, 0.29) is 25.2 Å². The van der Waals surface area contributed by atoms with Crippen molar-refractivity contribution in [3.05, 3.63) is 122 Å². The zero-order chi connectivity index (χ0) is 43.5. The number of hydrogen-bond donors (Lipinski definition) is 1. The Hall–Kier alpha value is -3.70. The van der Waals surface area contributed by atoms with E-state index >= 15 is 0 Å². The average Bonchev–Trinajstić information content (AvgIpc) is 3.25. The molecule has 0 aliphatic rings. The molecule has 0 rings (SSSR count). The first-order valence-electron chi connectivity index (χ1n) is 24.1. The van der Waals surface area contributed by atoms with Crippen molar-refractivity contribution in [3.63, 3.8) is 0 Å². The van der Waals surface area contributed by atoms with Gasteiger partial charge in [0.25, 0.3) is 0 Å². The first-order valence-corrected chi connectivity index (χ1v) is 24.1. The van der Waals surface area contributed by atoms with E-state index in [0.29, 0.717) is 12.8 Å². The highest BCUT2D eigenvalue weighted by Gasteiger charge is 2.16. The molecule has 0 aliphatic heterocycles. The number of carbonyl (C=O) groups is 2. The minimum absolute atomic E-state index is 0.0889. The van der Waals surface area contributed by atoms with Crippen LogP contribution in [0.4, 0.5) is 0 Å². The molecule has 1 unspecified atom stereocenters. The Kier molecular flexibility index (Phi) is 46.6. The molecule has 0 aromatic heterocycles. The summed E-state index contributed by atoms with van der Waals surface area (Å²) in [5.74, 6) is -0.638. The zero-order valence-electron chi connectivity index (χ0n) is 38.4. The lowest BCUT2D eigenvalue weighted by Crippen LogP contribution is -2.28. The highest BCUT2D eigenvalue weighted by Crippen LogP contribution is 2.14. The van der Waals surface area contributed by atoms with Crippen LogP contribution in [0.25, 0.3) is 0 Å². The normalized spacial score (nSPS) is 13.3. The molecule has 0 spiro atoms. The van der Waals surface area contributed by atoms with Crippen LogP contribution in [0.5, 0.6) is 0 Å². The predicted octanol–water partition coefficient (Wildman–Crippen LogP) is 16.0. The van der Waals surface area contributed by atoms with E-state index in [0.717, 1.165) is 109 Å². The topological polar surface area (TPSA) is 72.8 Å². The van der Waals surface area contributed by atoms with Crippen molar-refractivity contribution in [2.24, 2.45) is 0 Å². The minimum Gasteiger partial charge on any atom is -0.462 e. The van der Waals surface area contributed by atoms with Crippen LogP contribution < -0.4 is 0 Å². The molecule has 5 heteroatoms. The largest absolute Gasteiger partial charge is 0.462 e. The van der Waals surface area contributed by atoms with E-state index in [9.17, 15) is 14.7 Å². The summed E-state index contributed by atoms with van der Waals surface area (Å²) in [6.45, 7) is 3.87. The summed E-state index contributed by atoms with van der Waals surface area (Å²) in [4.78, 5) is 24.3. The Morgan fingerprint density at radius 3 is 1.02 bits per heavy atom. The van der Waals surface area contributed by atoms with Crippen LogP contribution >= 0.6 is 0 Å². The molecule has 0 fully saturated rings. The van der Waals surface area contributed by atoms with Gasteiger partial charge in [-0.15, -0.1) is 0 Å². The van der Waals surface area contributed by atoms with Gasteiger partial charge in [0, 0.05) is 12.8 Å². The van der Waals surface area contributed by atoms with Crippen molar-refractivity contribution in [2.45, 2.75) is 200 Å². The van der Waals surface area contributed by atoms with Crippen molar-refractivity contribution in [2.75, 3.05) is 13.2 Å². The number of esters is 2. The predicted molar refractivity (Wildman–Crippen MR) is 260 cm³/mol. The molecule has 1 N–H and O–H groups in total. The second-order valence-electron chi connectivity index (χ2n) is 15.4. The molecule has 338 valence electrons. The van der Waals surface area contributed by atoms with Crippen molar-refractivity contribution < 1.29 is 24.2 Å². The molecule has 1 atom stereocenters. The monoisotopic (exact) mass is 829 g/mol. The third-order valence-corrected chi connectivity index (χ3v) is 9.75. The molecule has 0 aliphatic carbocycles. The number of carbonyl (C=O) groups excluding carboxylic acids is 2. The van der Waals surface area contributed by atoms with Gasteiger partial charge in [0.05, 0.1) is 6.61 Å². The fourth-order valence-corrected chi connectivity index (χ4v) is 6.19. The maximum atomic E-state index is 12.2.